The van der Waals surface area contributed by atoms with Crippen molar-refractivity contribution in [1.29, 1.82) is 5.41 Å². The van der Waals surface area contributed by atoms with Crippen LogP contribution in [-0.2, 0) is 20.7 Å². The van der Waals surface area contributed by atoms with Crippen LogP contribution in [0, 0.1) is 28.7 Å². The molecule has 4 aromatic rings. The smallest absolute Gasteiger partial charge is 0.313 e. The molecule has 4 aliphatic heterocycles. The molecule has 0 spiro atoms. The number of phenols is 1. The molecule has 4 aliphatic rings. The maximum absolute atomic E-state index is 16.5. The van der Waals surface area contributed by atoms with Crippen molar-refractivity contribution in [1.82, 2.24) is 20.2 Å². The first-order valence-corrected chi connectivity index (χ1v) is 15.3. The Kier molecular flexibility index (Phi) is 8.38. The average molecular weight is 707 g/mol. The molecule has 1 atom stereocenters. The van der Waals surface area contributed by atoms with Crippen LogP contribution < -0.4 is 25.4 Å². The largest absolute Gasteiger partial charge is 0.504 e. The van der Waals surface area contributed by atoms with Gasteiger partial charge in [0.15, 0.2) is 34.8 Å². The molecular formula is C33H26F4N8O6. The van der Waals surface area contributed by atoms with Gasteiger partial charge >= 0.3 is 5.97 Å². The van der Waals surface area contributed by atoms with Crippen molar-refractivity contribution < 1.29 is 46.5 Å². The van der Waals surface area contributed by atoms with Crippen LogP contribution in [0.15, 0.2) is 47.6 Å². The van der Waals surface area contributed by atoms with Gasteiger partial charge in [0.05, 0.1) is 36.0 Å². The number of aromatic nitrogens is 2. The van der Waals surface area contributed by atoms with Gasteiger partial charge in [-0.15, -0.1) is 0 Å². The Labute approximate surface area is 285 Å². The molecule has 6 bridgehead atoms. The van der Waals surface area contributed by atoms with Gasteiger partial charge in [-0.2, -0.15) is 0 Å². The first kappa shape index (κ1) is 33.2. The molecule has 0 radical (unpaired) electrons. The number of aliphatic imine (C=N–C) groups is 1. The van der Waals surface area contributed by atoms with E-state index < -0.39 is 93.7 Å². The third-order valence-electron chi connectivity index (χ3n) is 8.27. The van der Waals surface area contributed by atoms with Crippen LogP contribution in [0.25, 0.3) is 11.3 Å². The number of nitrogen functional groups attached to an aromatic ring is 1. The Morgan fingerprint density at radius 3 is 2.65 bits per heavy atom. The summed E-state index contributed by atoms with van der Waals surface area (Å²) in [5, 5.41) is 20.6. The highest BCUT2D eigenvalue weighted by atomic mass is 19.1. The molecule has 14 nitrogen and oxygen atoms in total. The zero-order valence-electron chi connectivity index (χ0n) is 26.5. The molecule has 2 aromatic heterocycles. The molecule has 1 fully saturated rings. The number of amidine groups is 2. The van der Waals surface area contributed by atoms with E-state index >= 15 is 17.6 Å². The van der Waals surface area contributed by atoms with Gasteiger partial charge in [-0.25, -0.2) is 27.5 Å². The first-order chi connectivity index (χ1) is 24.4. The number of esters is 1. The third-order valence-corrected chi connectivity index (χ3v) is 8.27. The number of carbonyl (C=O) groups excluding carboxylic acids is 2. The van der Waals surface area contributed by atoms with Gasteiger partial charge in [0.25, 0.3) is 11.8 Å². The van der Waals surface area contributed by atoms with Gasteiger partial charge in [-0.05, 0) is 36.4 Å². The Morgan fingerprint density at radius 1 is 1.10 bits per heavy atom. The lowest BCUT2D eigenvalue weighted by Crippen LogP contribution is -2.57. The van der Waals surface area contributed by atoms with E-state index in [0.29, 0.717) is 30.8 Å². The lowest BCUT2D eigenvalue weighted by Gasteiger charge is -2.33. The number of piperazine rings is 1. The molecule has 0 saturated carbocycles. The monoisotopic (exact) mass is 706 g/mol. The Bertz CT molecular complexity index is 2180. The Balaban J connectivity index is 1.40. The number of carbonyl (C=O) groups is 2. The molecule has 1 unspecified atom stereocenters. The summed E-state index contributed by atoms with van der Waals surface area (Å²) in [5.74, 6) is -11.3. The number of fused-ring (bicyclic) bond motifs is 4. The minimum absolute atomic E-state index is 0.0785. The highest BCUT2D eigenvalue weighted by Crippen LogP contribution is 2.41. The number of rotatable bonds is 5. The van der Waals surface area contributed by atoms with Crippen LogP contribution in [0.3, 0.4) is 0 Å². The van der Waals surface area contributed by atoms with Gasteiger partial charge in [0, 0.05) is 37.9 Å². The standard InChI is InChI=1S/C33H26F4N8O6/c1-44-8-6-40-30(44)16-11-15-3-5-20(16)49-28-24(35)18(12-22(47)51-32-33(48)45(15)9-7-41-32)43-27(26(28)37)23-17(34)13-42-31(25(23)36)50-21-10-14(29(38)39)2-4-19(21)46/h2-5,10-11,13,32,41,46H,6-9,12H2,1H3,(H3,38,39). The molecule has 0 aliphatic carbocycles. The van der Waals surface area contributed by atoms with Gasteiger partial charge in [-0.1, -0.05) is 0 Å². The summed E-state index contributed by atoms with van der Waals surface area (Å²) in [6, 6.07) is 7.83. The van der Waals surface area contributed by atoms with Gasteiger partial charge < -0.3 is 34.9 Å². The number of hydrogen-bond donors (Lipinski definition) is 4. The molecule has 1 saturated heterocycles. The fraction of sp³-hybridized carbons (Fsp3) is 0.212. The fourth-order valence-electron chi connectivity index (χ4n) is 5.73. The number of halogens is 4. The van der Waals surface area contributed by atoms with Crippen LogP contribution >= 0.6 is 0 Å². The van der Waals surface area contributed by atoms with E-state index in [1.54, 1.807) is 11.9 Å². The first-order valence-electron chi connectivity index (χ1n) is 15.3. The average Bonchev–Trinajstić information content (AvgIpc) is 3.53. The lowest BCUT2D eigenvalue weighted by atomic mass is 10.1. The van der Waals surface area contributed by atoms with Crippen LogP contribution in [0.1, 0.15) is 16.8 Å². The van der Waals surface area contributed by atoms with Crippen LogP contribution in [0.4, 0.5) is 23.2 Å². The zero-order valence-corrected chi connectivity index (χ0v) is 26.5. The molecular weight excluding hydrogens is 680 g/mol. The topological polar surface area (TPSA) is 189 Å². The van der Waals surface area contributed by atoms with Crippen LogP contribution in [0.5, 0.6) is 28.9 Å². The number of phenolic OH excluding ortho intramolecular Hbond substituents is 1. The van der Waals surface area contributed by atoms with Crippen LogP contribution in [0.2, 0.25) is 0 Å². The van der Waals surface area contributed by atoms with Crippen molar-refractivity contribution >= 4 is 29.2 Å². The SMILES string of the molecule is CN1CCN=C1c1cc2ccc1Oc1c(F)c(nc(-c3c(F)cnc(Oc4cc(C(=N)N)ccc4O)c3F)c1F)CC(=O)OC1NCCN2C1=O. The summed E-state index contributed by atoms with van der Waals surface area (Å²) in [6.07, 6.45) is -2.01. The number of aromatic hydroxyl groups is 1. The Morgan fingerprint density at radius 2 is 1.90 bits per heavy atom. The highest BCUT2D eigenvalue weighted by molar-refractivity contribution is 6.05. The summed E-state index contributed by atoms with van der Waals surface area (Å²) in [7, 11) is 1.74. The van der Waals surface area contributed by atoms with E-state index in [1.165, 1.54) is 29.2 Å². The highest BCUT2D eigenvalue weighted by Gasteiger charge is 2.36. The third kappa shape index (κ3) is 5.98. The van der Waals surface area contributed by atoms with Crippen molar-refractivity contribution in [2.75, 3.05) is 38.1 Å². The van der Waals surface area contributed by atoms with E-state index in [4.69, 9.17) is 25.4 Å². The van der Waals surface area contributed by atoms with Crippen molar-refractivity contribution in [3.05, 3.63) is 82.7 Å². The van der Waals surface area contributed by atoms with Gasteiger partial charge in [-0.3, -0.25) is 25.3 Å². The number of nitrogens with two attached hydrogens (primary N) is 1. The zero-order chi connectivity index (χ0) is 36.1. The number of anilines is 1. The molecule has 51 heavy (non-hydrogen) atoms. The second-order valence-electron chi connectivity index (χ2n) is 11.6. The number of amides is 1. The van der Waals surface area contributed by atoms with Crippen molar-refractivity contribution in [3.8, 4) is 40.1 Å². The minimum Gasteiger partial charge on any atom is -0.504 e. The van der Waals surface area contributed by atoms with Crippen molar-refractivity contribution in [2.45, 2.75) is 12.6 Å². The Hall–Kier alpha value is -6.30. The van der Waals surface area contributed by atoms with E-state index in [0.717, 1.165) is 12.1 Å². The maximum atomic E-state index is 16.5. The summed E-state index contributed by atoms with van der Waals surface area (Å²) in [5.41, 5.74) is 3.02. The normalized spacial score (nSPS) is 17.1. The summed E-state index contributed by atoms with van der Waals surface area (Å²) in [4.78, 5) is 41.5. The molecule has 5 N–H and O–H groups in total. The second-order valence-corrected chi connectivity index (χ2v) is 11.6. The summed E-state index contributed by atoms with van der Waals surface area (Å²) >= 11 is 0. The van der Waals surface area contributed by atoms with Gasteiger partial charge in [0.1, 0.15) is 23.1 Å². The second kappa shape index (κ2) is 12.9. The number of nitrogens with one attached hydrogen (secondary N) is 2. The number of likely N-dealkylation sites (N-methyl/N-ethyl adjacent to an activating group) is 1. The predicted molar refractivity (Wildman–Crippen MR) is 171 cm³/mol. The van der Waals surface area contributed by atoms with Gasteiger partial charge in [0.2, 0.25) is 12.0 Å². The molecule has 18 heteroatoms. The molecule has 1 amide bonds. The van der Waals surface area contributed by atoms with Crippen molar-refractivity contribution in [2.24, 2.45) is 10.7 Å². The number of pyridine rings is 2. The fourth-order valence-corrected chi connectivity index (χ4v) is 5.73. The molecule has 6 heterocycles. The quantitative estimate of drug-likeness (QED) is 0.103. The van der Waals surface area contributed by atoms with E-state index in [-0.39, 0.29) is 30.0 Å². The lowest BCUT2D eigenvalue weighted by molar-refractivity contribution is -0.157. The predicted octanol–water partition coefficient (Wildman–Crippen LogP) is 3.33. The van der Waals surface area contributed by atoms with E-state index in [1.807, 2.05) is 0 Å². The molecule has 2 aromatic carbocycles. The maximum Gasteiger partial charge on any atom is 0.313 e. The number of nitrogens with zero attached hydrogens (tertiary/aromatic N) is 5. The van der Waals surface area contributed by atoms with Crippen LogP contribution in [-0.4, -0.2) is 83.0 Å². The van der Waals surface area contributed by atoms with Crippen molar-refractivity contribution in [3.63, 3.8) is 0 Å². The number of hydrogen-bond acceptors (Lipinski definition) is 12. The molecule has 8 rings (SSSR count). The molecule has 262 valence electrons. The van der Waals surface area contributed by atoms with E-state index in [2.05, 4.69) is 20.3 Å². The summed E-state index contributed by atoms with van der Waals surface area (Å²) in [6.45, 7) is 1.34. The minimum atomic E-state index is -1.65. The van der Waals surface area contributed by atoms with E-state index in [9.17, 15) is 14.7 Å². The number of benzene rings is 2. The summed E-state index contributed by atoms with van der Waals surface area (Å²) < 4.78 is 80.8. The number of ether oxygens (including phenoxy) is 3.